The van der Waals surface area contributed by atoms with Gasteiger partial charge >= 0.3 is 0 Å². The fourth-order valence-electron chi connectivity index (χ4n) is 3.03. The maximum absolute atomic E-state index is 12.9. The Bertz CT molecular complexity index is 766. The minimum Gasteiger partial charge on any atom is -0.496 e. The lowest BCUT2D eigenvalue weighted by molar-refractivity contribution is 0.264. The van der Waals surface area contributed by atoms with Gasteiger partial charge in [0.05, 0.1) is 18.9 Å². The molecule has 1 saturated heterocycles. The van der Waals surface area contributed by atoms with E-state index in [1.165, 1.54) is 0 Å². The zero-order valence-electron chi connectivity index (χ0n) is 14.1. The molecule has 0 saturated carbocycles. The molecule has 1 aromatic heterocycles. The van der Waals surface area contributed by atoms with Crippen molar-refractivity contribution in [3.63, 3.8) is 0 Å². The lowest BCUT2D eigenvalue weighted by atomic mass is 10.0. The zero-order valence-corrected chi connectivity index (χ0v) is 16.5. The third-order valence-electron chi connectivity index (χ3n) is 4.24. The third kappa shape index (κ3) is 4.74. The van der Waals surface area contributed by atoms with E-state index in [9.17, 15) is 8.42 Å². The highest BCUT2D eigenvalue weighted by molar-refractivity contribution is 7.89. The molecule has 2 heterocycles. The van der Waals surface area contributed by atoms with Gasteiger partial charge in [-0.25, -0.2) is 8.42 Å². The molecule has 3 rings (SSSR count). The van der Waals surface area contributed by atoms with Gasteiger partial charge in [0.25, 0.3) is 0 Å². The van der Waals surface area contributed by atoms with E-state index in [2.05, 4.69) is 5.32 Å². The molecule has 8 heteroatoms. The molecule has 0 radical (unpaired) electrons. The molecule has 1 unspecified atom stereocenters. The molecule has 1 aliphatic rings. The molecule has 1 atom stereocenters. The first-order chi connectivity index (χ1) is 11.6. The quantitative estimate of drug-likeness (QED) is 0.807. The molecule has 1 N–H and O–H groups in total. The zero-order chi connectivity index (χ0) is 17.0. The van der Waals surface area contributed by atoms with E-state index in [1.807, 2.05) is 41.8 Å². The van der Waals surface area contributed by atoms with E-state index in [1.54, 1.807) is 22.8 Å². The summed E-state index contributed by atoms with van der Waals surface area (Å²) in [7, 11) is -1.72. The summed E-state index contributed by atoms with van der Waals surface area (Å²) in [5, 5.41) is 5.27. The number of methoxy groups -OCH3 is 1. The lowest BCUT2D eigenvalue weighted by Gasteiger charge is -2.36. The highest BCUT2D eigenvalue weighted by Gasteiger charge is 2.34. The summed E-state index contributed by atoms with van der Waals surface area (Å²) in [6, 6.07) is 11.3. The highest BCUT2D eigenvalue weighted by Crippen LogP contribution is 2.32. The molecule has 1 aliphatic heterocycles. The van der Waals surface area contributed by atoms with Crippen molar-refractivity contribution in [3.05, 3.63) is 52.2 Å². The second kappa shape index (κ2) is 9.00. The van der Waals surface area contributed by atoms with E-state index >= 15 is 0 Å². The van der Waals surface area contributed by atoms with Gasteiger partial charge in [-0.1, -0.05) is 24.3 Å². The molecule has 0 amide bonds. The van der Waals surface area contributed by atoms with Gasteiger partial charge in [0.2, 0.25) is 10.0 Å². The molecule has 138 valence electrons. The molecule has 2 aromatic rings. The first-order valence-corrected chi connectivity index (χ1v) is 10.5. The van der Waals surface area contributed by atoms with E-state index < -0.39 is 10.0 Å². The van der Waals surface area contributed by atoms with Crippen molar-refractivity contribution < 1.29 is 13.2 Å². The maximum atomic E-state index is 12.9. The second-order valence-corrected chi connectivity index (χ2v) is 8.79. The molecule has 25 heavy (non-hydrogen) atoms. The summed E-state index contributed by atoms with van der Waals surface area (Å²) in [4.78, 5) is 1.10. The smallest absolute Gasteiger partial charge is 0.215 e. The largest absolute Gasteiger partial charge is 0.496 e. The second-order valence-electron chi connectivity index (χ2n) is 5.72. The van der Waals surface area contributed by atoms with Crippen LogP contribution in [0.25, 0.3) is 0 Å². The van der Waals surface area contributed by atoms with Crippen LogP contribution in [0.1, 0.15) is 16.5 Å². The summed E-state index contributed by atoms with van der Waals surface area (Å²) in [6.07, 6.45) is 0.558. The lowest BCUT2D eigenvalue weighted by Crippen LogP contribution is -2.49. The van der Waals surface area contributed by atoms with Crippen LogP contribution in [0.5, 0.6) is 5.75 Å². The van der Waals surface area contributed by atoms with Gasteiger partial charge in [-0.2, -0.15) is 4.31 Å². The number of benzene rings is 1. The molecular formula is C17H23ClN2O3S2. The highest BCUT2D eigenvalue weighted by atomic mass is 35.5. The molecule has 0 spiro atoms. The molecular weight excluding hydrogens is 380 g/mol. The summed E-state index contributed by atoms with van der Waals surface area (Å²) < 4.78 is 32.9. The number of halogens is 1. The molecule has 5 nitrogen and oxygen atoms in total. The van der Waals surface area contributed by atoms with Gasteiger partial charge in [-0.3, -0.25) is 0 Å². The van der Waals surface area contributed by atoms with Gasteiger partial charge in [-0.15, -0.1) is 23.7 Å². The Hall–Kier alpha value is -1.12. The Balaban J connectivity index is 0.00000225. The number of sulfonamides is 1. The van der Waals surface area contributed by atoms with Crippen LogP contribution >= 0.6 is 23.7 Å². The Morgan fingerprint density at radius 2 is 2.08 bits per heavy atom. The van der Waals surface area contributed by atoms with Crippen LogP contribution in [0.15, 0.2) is 41.8 Å². The predicted molar refractivity (Wildman–Crippen MR) is 104 cm³/mol. The van der Waals surface area contributed by atoms with Crippen LogP contribution in [0, 0.1) is 0 Å². The number of aryl methyl sites for hydroxylation is 1. The first-order valence-electron chi connectivity index (χ1n) is 7.97. The number of ether oxygens (including phenoxy) is 1. The summed E-state index contributed by atoms with van der Waals surface area (Å²) in [5.74, 6) is 0.865. The van der Waals surface area contributed by atoms with Crippen LogP contribution in [-0.4, -0.2) is 45.2 Å². The molecule has 1 aromatic carbocycles. The number of para-hydroxylation sites is 1. The van der Waals surface area contributed by atoms with E-state index in [-0.39, 0.29) is 24.2 Å². The van der Waals surface area contributed by atoms with Crippen LogP contribution in [0.3, 0.4) is 0 Å². The van der Waals surface area contributed by atoms with Gasteiger partial charge in [0, 0.05) is 30.1 Å². The number of nitrogens with zero attached hydrogens (tertiary/aromatic N) is 1. The average Bonchev–Trinajstić information content (AvgIpc) is 3.14. The molecule has 1 fully saturated rings. The van der Waals surface area contributed by atoms with Gasteiger partial charge in [0.1, 0.15) is 5.75 Å². The van der Waals surface area contributed by atoms with Crippen molar-refractivity contribution in [3.8, 4) is 5.75 Å². The SMILES string of the molecule is COc1ccccc1C1CNCCN1S(=O)(=O)CCc1cccs1.Cl. The van der Waals surface area contributed by atoms with Gasteiger partial charge in [-0.05, 0) is 23.9 Å². The summed E-state index contributed by atoms with van der Waals surface area (Å²) >= 11 is 1.60. The summed E-state index contributed by atoms with van der Waals surface area (Å²) in [6.45, 7) is 1.75. The Morgan fingerprint density at radius 3 is 2.80 bits per heavy atom. The Kier molecular flexibility index (Phi) is 7.27. The van der Waals surface area contributed by atoms with E-state index in [0.717, 1.165) is 16.2 Å². The fourth-order valence-corrected chi connectivity index (χ4v) is 5.52. The third-order valence-corrected chi connectivity index (χ3v) is 7.04. The topological polar surface area (TPSA) is 58.6 Å². The minimum atomic E-state index is -3.34. The van der Waals surface area contributed by atoms with Crippen molar-refractivity contribution in [1.82, 2.24) is 9.62 Å². The number of thiophene rings is 1. The average molecular weight is 403 g/mol. The van der Waals surface area contributed by atoms with E-state index in [4.69, 9.17) is 4.74 Å². The number of piperazine rings is 1. The maximum Gasteiger partial charge on any atom is 0.215 e. The standard InChI is InChI=1S/C17H22N2O3S2.ClH/c1-22-17-7-3-2-6-15(17)16-13-18-9-10-19(16)24(20,21)12-8-14-5-4-11-23-14;/h2-7,11,16,18H,8-10,12-13H2,1H3;1H. The minimum absolute atomic E-state index is 0. The van der Waals surface area contributed by atoms with Gasteiger partial charge in [0.15, 0.2) is 0 Å². The normalized spacial score (nSPS) is 18.5. The van der Waals surface area contributed by atoms with Crippen molar-refractivity contribution >= 4 is 33.8 Å². The van der Waals surface area contributed by atoms with Crippen LogP contribution in [-0.2, 0) is 16.4 Å². The van der Waals surface area contributed by atoms with Crippen molar-refractivity contribution in [2.75, 3.05) is 32.5 Å². The Morgan fingerprint density at radius 1 is 1.28 bits per heavy atom. The first kappa shape index (κ1) is 20.2. The van der Waals surface area contributed by atoms with Gasteiger partial charge < -0.3 is 10.1 Å². The van der Waals surface area contributed by atoms with Crippen LogP contribution < -0.4 is 10.1 Å². The number of hydrogen-bond donors (Lipinski definition) is 1. The number of rotatable bonds is 6. The predicted octanol–water partition coefficient (Wildman–Crippen LogP) is 2.70. The van der Waals surface area contributed by atoms with E-state index in [0.29, 0.717) is 26.1 Å². The van der Waals surface area contributed by atoms with Crippen LogP contribution in [0.2, 0.25) is 0 Å². The fraction of sp³-hybridized carbons (Fsp3) is 0.412. The molecule has 0 aliphatic carbocycles. The van der Waals surface area contributed by atoms with Crippen molar-refractivity contribution in [2.24, 2.45) is 0 Å². The number of hydrogen-bond acceptors (Lipinski definition) is 5. The van der Waals surface area contributed by atoms with Crippen molar-refractivity contribution in [1.29, 1.82) is 0 Å². The monoisotopic (exact) mass is 402 g/mol. The Labute approximate surface area is 159 Å². The number of nitrogens with one attached hydrogen (secondary N) is 1. The van der Waals surface area contributed by atoms with Crippen LogP contribution in [0.4, 0.5) is 0 Å². The molecule has 0 bridgehead atoms. The van der Waals surface area contributed by atoms with Crippen molar-refractivity contribution in [2.45, 2.75) is 12.5 Å². The summed E-state index contributed by atoms with van der Waals surface area (Å²) in [5.41, 5.74) is 0.909.